The van der Waals surface area contributed by atoms with Crippen molar-refractivity contribution < 1.29 is 14.3 Å². The Labute approximate surface area is 115 Å². The number of hydrogen-bond acceptors (Lipinski definition) is 4. The van der Waals surface area contributed by atoms with E-state index in [1.165, 1.54) is 0 Å². The van der Waals surface area contributed by atoms with Crippen LogP contribution in [0.2, 0.25) is 0 Å². The largest absolute Gasteiger partial charge is 0.484 e. The molecule has 0 radical (unpaired) electrons. The Balaban J connectivity index is 1.43. The average Bonchev–Trinajstić information content (AvgIpc) is 2.74. The number of amides is 2. The highest BCUT2D eigenvalue weighted by Crippen LogP contribution is 2.38. The molecule has 1 N–H and O–H groups in total. The fourth-order valence-corrected chi connectivity index (χ4v) is 3.56. The standard InChI is InChI=1S/C13H14N2O3S/c16-10(8-18-9-4-2-1-3-5-9)14-11-7-15-12(17)6-13(15)19-11/h1-5,11,13H,6-8H2,(H,14,16)/t11?,13-/m1/s1. The van der Waals surface area contributed by atoms with Crippen LogP contribution in [0.15, 0.2) is 30.3 Å². The lowest BCUT2D eigenvalue weighted by Crippen LogP contribution is -2.48. The first kappa shape index (κ1) is 12.3. The fraction of sp³-hybridized carbons (Fsp3) is 0.385. The van der Waals surface area contributed by atoms with Gasteiger partial charge in [0, 0.05) is 0 Å². The van der Waals surface area contributed by atoms with Crippen LogP contribution in [0.25, 0.3) is 0 Å². The van der Waals surface area contributed by atoms with E-state index in [-0.39, 0.29) is 29.2 Å². The number of rotatable bonds is 4. The van der Waals surface area contributed by atoms with E-state index in [0.29, 0.717) is 18.7 Å². The zero-order valence-corrected chi connectivity index (χ0v) is 11.1. The van der Waals surface area contributed by atoms with Gasteiger partial charge < -0.3 is 15.0 Å². The predicted molar refractivity (Wildman–Crippen MR) is 71.6 cm³/mol. The van der Waals surface area contributed by atoms with Gasteiger partial charge in [-0.3, -0.25) is 9.59 Å². The van der Waals surface area contributed by atoms with Crippen molar-refractivity contribution in [2.24, 2.45) is 0 Å². The number of ether oxygens (including phenoxy) is 1. The Bertz CT molecular complexity index is 494. The second kappa shape index (κ2) is 5.13. The van der Waals surface area contributed by atoms with Crippen LogP contribution in [0.4, 0.5) is 0 Å². The second-order valence-electron chi connectivity index (χ2n) is 4.50. The molecule has 1 unspecified atom stereocenters. The Morgan fingerprint density at radius 2 is 2.21 bits per heavy atom. The van der Waals surface area contributed by atoms with Gasteiger partial charge in [0.2, 0.25) is 5.91 Å². The molecule has 6 heteroatoms. The summed E-state index contributed by atoms with van der Waals surface area (Å²) in [6, 6.07) is 9.22. The smallest absolute Gasteiger partial charge is 0.258 e. The number of para-hydroxylation sites is 1. The maximum Gasteiger partial charge on any atom is 0.258 e. The van der Waals surface area contributed by atoms with Gasteiger partial charge in [0.1, 0.15) is 5.75 Å². The molecule has 2 heterocycles. The van der Waals surface area contributed by atoms with Crippen molar-refractivity contribution in [3.63, 3.8) is 0 Å². The maximum atomic E-state index is 11.7. The lowest BCUT2D eigenvalue weighted by atomic mass is 10.2. The molecule has 0 aliphatic carbocycles. The number of carbonyl (C=O) groups is 2. The van der Waals surface area contributed by atoms with Crippen molar-refractivity contribution >= 4 is 23.6 Å². The SMILES string of the molecule is O=C(COc1ccccc1)NC1CN2C(=O)C[C@H]2S1. The summed E-state index contributed by atoms with van der Waals surface area (Å²) < 4.78 is 5.37. The van der Waals surface area contributed by atoms with Crippen molar-refractivity contribution in [1.29, 1.82) is 0 Å². The number of benzene rings is 1. The Kier molecular flexibility index (Phi) is 3.33. The van der Waals surface area contributed by atoms with Crippen LogP contribution < -0.4 is 10.1 Å². The third-order valence-electron chi connectivity index (χ3n) is 3.14. The molecule has 2 atom stereocenters. The van der Waals surface area contributed by atoms with Crippen LogP contribution in [0.3, 0.4) is 0 Å². The highest BCUT2D eigenvalue weighted by atomic mass is 32.2. The third kappa shape index (κ3) is 2.68. The van der Waals surface area contributed by atoms with Gasteiger partial charge >= 0.3 is 0 Å². The van der Waals surface area contributed by atoms with Crippen molar-refractivity contribution in [2.45, 2.75) is 17.2 Å². The van der Waals surface area contributed by atoms with Gasteiger partial charge in [0.25, 0.3) is 5.91 Å². The predicted octanol–water partition coefficient (Wildman–Crippen LogP) is 0.813. The number of nitrogens with one attached hydrogen (secondary N) is 1. The van der Waals surface area contributed by atoms with E-state index in [4.69, 9.17) is 4.74 Å². The van der Waals surface area contributed by atoms with Gasteiger partial charge in [0.05, 0.1) is 23.7 Å². The van der Waals surface area contributed by atoms with Gasteiger partial charge in [-0.05, 0) is 12.1 Å². The molecule has 0 bridgehead atoms. The average molecular weight is 278 g/mol. The molecule has 2 aliphatic rings. The molecule has 0 aromatic heterocycles. The Hall–Kier alpha value is -1.69. The maximum absolute atomic E-state index is 11.7. The fourth-order valence-electron chi connectivity index (χ4n) is 2.14. The molecule has 2 amide bonds. The first-order chi connectivity index (χ1) is 9.22. The highest BCUT2D eigenvalue weighted by molar-refractivity contribution is 8.00. The van der Waals surface area contributed by atoms with E-state index in [1.807, 2.05) is 30.3 Å². The van der Waals surface area contributed by atoms with E-state index in [2.05, 4.69) is 5.32 Å². The molecule has 5 nitrogen and oxygen atoms in total. The molecule has 2 fully saturated rings. The molecule has 2 saturated heterocycles. The Morgan fingerprint density at radius 1 is 1.42 bits per heavy atom. The minimum absolute atomic E-state index is 0.000311. The van der Waals surface area contributed by atoms with E-state index in [9.17, 15) is 9.59 Å². The molecular formula is C13H14N2O3S. The summed E-state index contributed by atoms with van der Waals surface area (Å²) in [6.07, 6.45) is 0.595. The van der Waals surface area contributed by atoms with Crippen LogP contribution in [0.1, 0.15) is 6.42 Å². The van der Waals surface area contributed by atoms with Gasteiger partial charge in [-0.15, -0.1) is 11.8 Å². The van der Waals surface area contributed by atoms with E-state index in [0.717, 1.165) is 0 Å². The van der Waals surface area contributed by atoms with Crippen LogP contribution in [0, 0.1) is 0 Å². The summed E-state index contributed by atoms with van der Waals surface area (Å²) in [5.74, 6) is 0.696. The summed E-state index contributed by atoms with van der Waals surface area (Å²) in [5.41, 5.74) is 0. The quantitative estimate of drug-likeness (QED) is 0.828. The summed E-state index contributed by atoms with van der Waals surface area (Å²) in [6.45, 7) is 0.602. The molecule has 1 aromatic rings. The first-order valence-corrected chi connectivity index (χ1v) is 7.09. The molecule has 0 spiro atoms. The number of thioether (sulfide) groups is 1. The van der Waals surface area contributed by atoms with Crippen LogP contribution in [-0.2, 0) is 9.59 Å². The topological polar surface area (TPSA) is 58.6 Å². The van der Waals surface area contributed by atoms with Crippen molar-refractivity contribution in [3.8, 4) is 5.75 Å². The van der Waals surface area contributed by atoms with E-state index >= 15 is 0 Å². The molecule has 1 aromatic carbocycles. The molecule has 100 valence electrons. The summed E-state index contributed by atoms with van der Waals surface area (Å²) >= 11 is 1.63. The van der Waals surface area contributed by atoms with Crippen LogP contribution in [-0.4, -0.2) is 40.6 Å². The summed E-state index contributed by atoms with van der Waals surface area (Å²) in [4.78, 5) is 24.8. The number of fused-ring (bicyclic) bond motifs is 1. The lowest BCUT2D eigenvalue weighted by molar-refractivity contribution is -0.140. The molecular weight excluding hydrogens is 264 g/mol. The van der Waals surface area contributed by atoms with Crippen LogP contribution >= 0.6 is 11.8 Å². The van der Waals surface area contributed by atoms with Crippen molar-refractivity contribution in [3.05, 3.63) is 30.3 Å². The van der Waals surface area contributed by atoms with Gasteiger partial charge in [-0.2, -0.15) is 0 Å². The molecule has 19 heavy (non-hydrogen) atoms. The lowest BCUT2D eigenvalue weighted by Gasteiger charge is -2.32. The van der Waals surface area contributed by atoms with Gasteiger partial charge in [0.15, 0.2) is 6.61 Å². The highest BCUT2D eigenvalue weighted by Gasteiger charge is 2.45. The minimum atomic E-state index is -0.156. The van der Waals surface area contributed by atoms with Gasteiger partial charge in [-0.25, -0.2) is 0 Å². The zero-order valence-electron chi connectivity index (χ0n) is 10.2. The summed E-state index contributed by atoms with van der Waals surface area (Å²) in [7, 11) is 0. The van der Waals surface area contributed by atoms with Crippen molar-refractivity contribution in [1.82, 2.24) is 10.2 Å². The molecule has 2 aliphatic heterocycles. The number of β-lactam (4-membered cyclic amide) rings is 1. The number of nitrogens with zero attached hydrogens (tertiary/aromatic N) is 1. The molecule has 0 saturated carbocycles. The second-order valence-corrected chi connectivity index (χ2v) is 5.88. The minimum Gasteiger partial charge on any atom is -0.484 e. The normalized spacial score (nSPS) is 24.6. The monoisotopic (exact) mass is 278 g/mol. The molecule has 3 rings (SSSR count). The first-order valence-electron chi connectivity index (χ1n) is 6.14. The van der Waals surface area contributed by atoms with E-state index in [1.54, 1.807) is 16.7 Å². The number of hydrogen-bond donors (Lipinski definition) is 1. The Morgan fingerprint density at radius 3 is 2.89 bits per heavy atom. The van der Waals surface area contributed by atoms with Crippen molar-refractivity contribution in [2.75, 3.05) is 13.2 Å². The van der Waals surface area contributed by atoms with Gasteiger partial charge in [-0.1, -0.05) is 18.2 Å². The van der Waals surface area contributed by atoms with Crippen LogP contribution in [0.5, 0.6) is 5.75 Å². The third-order valence-corrected chi connectivity index (χ3v) is 4.47. The zero-order chi connectivity index (χ0) is 13.2. The van der Waals surface area contributed by atoms with E-state index < -0.39 is 0 Å². The number of carbonyl (C=O) groups excluding carboxylic acids is 2. The summed E-state index contributed by atoms with van der Waals surface area (Å²) in [5, 5.41) is 3.12.